The monoisotopic (exact) mass is 345 g/mol. The van der Waals surface area contributed by atoms with E-state index in [-0.39, 0.29) is 12.5 Å². The lowest BCUT2D eigenvalue weighted by Gasteiger charge is -2.28. The number of nitrogens with zero attached hydrogens (tertiary/aromatic N) is 1. The van der Waals surface area contributed by atoms with Gasteiger partial charge >= 0.3 is 0 Å². The first-order valence-corrected chi connectivity index (χ1v) is 9.22. The molecule has 3 unspecified atom stereocenters. The van der Waals surface area contributed by atoms with E-state index in [1.165, 1.54) is 25.7 Å². The summed E-state index contributed by atoms with van der Waals surface area (Å²) >= 11 is 5.49. The van der Waals surface area contributed by atoms with Crippen molar-refractivity contribution in [3.63, 3.8) is 0 Å². The molecule has 24 heavy (non-hydrogen) atoms. The summed E-state index contributed by atoms with van der Waals surface area (Å²) in [6.45, 7) is 4.29. The molecule has 2 bridgehead atoms. The SMILES string of the molecule is Cc1ccc(C)c(NC(=O)CN(C)C(=S)NC2CC3CCC2C3)c1. The van der Waals surface area contributed by atoms with Gasteiger partial charge in [-0.05, 0) is 74.4 Å². The van der Waals surface area contributed by atoms with Crippen LogP contribution in [0.25, 0.3) is 0 Å². The Hall–Kier alpha value is -1.62. The highest BCUT2D eigenvalue weighted by Crippen LogP contribution is 2.44. The normalized spacial score (nSPS) is 24.7. The Balaban J connectivity index is 1.50. The van der Waals surface area contributed by atoms with E-state index in [1.54, 1.807) is 0 Å². The molecule has 0 spiro atoms. The van der Waals surface area contributed by atoms with Crippen LogP contribution in [0.3, 0.4) is 0 Å². The van der Waals surface area contributed by atoms with Crippen LogP contribution in [0.5, 0.6) is 0 Å². The Labute approximate surface area is 150 Å². The zero-order chi connectivity index (χ0) is 17.3. The second-order valence-electron chi connectivity index (χ2n) is 7.45. The van der Waals surface area contributed by atoms with E-state index >= 15 is 0 Å². The molecular formula is C19H27N3OS. The maximum atomic E-state index is 12.3. The Morgan fingerprint density at radius 3 is 2.75 bits per heavy atom. The van der Waals surface area contributed by atoms with Gasteiger partial charge in [-0.15, -0.1) is 0 Å². The highest BCUT2D eigenvalue weighted by atomic mass is 32.1. The Kier molecular flexibility index (Phi) is 5.09. The first kappa shape index (κ1) is 17.2. The van der Waals surface area contributed by atoms with Gasteiger partial charge in [0.05, 0.1) is 6.54 Å². The fourth-order valence-electron chi connectivity index (χ4n) is 4.04. The molecule has 0 heterocycles. The summed E-state index contributed by atoms with van der Waals surface area (Å²) in [5.41, 5.74) is 3.08. The van der Waals surface area contributed by atoms with Gasteiger partial charge in [-0.1, -0.05) is 18.6 Å². The van der Waals surface area contributed by atoms with Crippen molar-refractivity contribution < 1.29 is 4.79 Å². The number of fused-ring (bicyclic) bond motifs is 2. The van der Waals surface area contributed by atoms with Crippen LogP contribution in [-0.2, 0) is 4.79 Å². The van der Waals surface area contributed by atoms with E-state index in [0.29, 0.717) is 11.2 Å². The van der Waals surface area contributed by atoms with Gasteiger partial charge in [0.15, 0.2) is 5.11 Å². The van der Waals surface area contributed by atoms with E-state index in [2.05, 4.69) is 10.6 Å². The van der Waals surface area contributed by atoms with Gasteiger partial charge in [0.1, 0.15) is 0 Å². The van der Waals surface area contributed by atoms with Gasteiger partial charge in [-0.25, -0.2) is 0 Å². The minimum absolute atomic E-state index is 0.0386. The molecule has 0 saturated heterocycles. The number of carbonyl (C=O) groups excluding carboxylic acids is 1. The molecule has 0 radical (unpaired) electrons. The fraction of sp³-hybridized carbons (Fsp3) is 0.579. The summed E-state index contributed by atoms with van der Waals surface area (Å²) in [5, 5.41) is 7.15. The Morgan fingerprint density at radius 1 is 1.29 bits per heavy atom. The van der Waals surface area contributed by atoms with Crippen molar-refractivity contribution >= 4 is 28.9 Å². The van der Waals surface area contributed by atoms with Crippen LogP contribution < -0.4 is 10.6 Å². The number of amides is 1. The van der Waals surface area contributed by atoms with Crippen molar-refractivity contribution in [1.29, 1.82) is 0 Å². The molecule has 1 amide bonds. The molecule has 2 fully saturated rings. The average molecular weight is 346 g/mol. The molecule has 1 aromatic carbocycles. The van der Waals surface area contributed by atoms with Crippen molar-refractivity contribution in [2.45, 2.75) is 45.6 Å². The zero-order valence-electron chi connectivity index (χ0n) is 14.8. The standard InChI is InChI=1S/C19H27N3OS/c1-12-4-5-13(2)16(8-12)20-18(23)11-22(3)19(24)21-17-10-14-6-7-15(17)9-14/h4-5,8,14-15,17H,6-7,9-11H2,1-3H3,(H,20,23)(H,21,24). The summed E-state index contributed by atoms with van der Waals surface area (Å²) in [6.07, 6.45) is 5.27. The number of aryl methyl sites for hydroxylation is 2. The molecule has 3 atom stereocenters. The Morgan fingerprint density at radius 2 is 2.08 bits per heavy atom. The second-order valence-corrected chi connectivity index (χ2v) is 7.84. The van der Waals surface area contributed by atoms with Crippen LogP contribution in [0.2, 0.25) is 0 Å². The molecule has 3 rings (SSSR count). The average Bonchev–Trinajstić information content (AvgIpc) is 3.13. The smallest absolute Gasteiger partial charge is 0.243 e. The molecule has 0 aliphatic heterocycles. The number of benzene rings is 1. The molecule has 2 saturated carbocycles. The van der Waals surface area contributed by atoms with Crippen LogP contribution in [0.1, 0.15) is 36.8 Å². The lowest BCUT2D eigenvalue weighted by atomic mass is 9.95. The van der Waals surface area contributed by atoms with Crippen LogP contribution in [0, 0.1) is 25.7 Å². The zero-order valence-corrected chi connectivity index (χ0v) is 15.6. The fourth-order valence-corrected chi connectivity index (χ4v) is 4.25. The molecule has 5 heteroatoms. The first-order chi connectivity index (χ1) is 11.4. The quantitative estimate of drug-likeness (QED) is 0.823. The first-order valence-electron chi connectivity index (χ1n) is 8.81. The van der Waals surface area contributed by atoms with Gasteiger partial charge in [0.2, 0.25) is 5.91 Å². The topological polar surface area (TPSA) is 44.4 Å². The summed E-state index contributed by atoms with van der Waals surface area (Å²) in [4.78, 5) is 14.2. The van der Waals surface area contributed by atoms with Crippen LogP contribution in [0.4, 0.5) is 5.69 Å². The van der Waals surface area contributed by atoms with E-state index < -0.39 is 0 Å². The number of anilines is 1. The van der Waals surface area contributed by atoms with Gasteiger partial charge in [0.25, 0.3) is 0 Å². The summed E-state index contributed by atoms with van der Waals surface area (Å²) < 4.78 is 0. The third-order valence-corrected chi connectivity index (χ3v) is 5.87. The number of rotatable bonds is 4. The van der Waals surface area contributed by atoms with E-state index in [9.17, 15) is 4.79 Å². The predicted molar refractivity (Wildman–Crippen MR) is 102 cm³/mol. The number of carbonyl (C=O) groups is 1. The van der Waals surface area contributed by atoms with E-state index in [0.717, 1.165) is 28.7 Å². The van der Waals surface area contributed by atoms with Crippen molar-refractivity contribution in [1.82, 2.24) is 10.2 Å². The number of hydrogen-bond donors (Lipinski definition) is 2. The number of hydrogen-bond acceptors (Lipinski definition) is 2. The number of nitrogens with one attached hydrogen (secondary N) is 2. The van der Waals surface area contributed by atoms with Gasteiger partial charge < -0.3 is 15.5 Å². The van der Waals surface area contributed by atoms with Crippen molar-refractivity contribution in [2.24, 2.45) is 11.8 Å². The lowest BCUT2D eigenvalue weighted by molar-refractivity contribution is -0.116. The van der Waals surface area contributed by atoms with Gasteiger partial charge in [0, 0.05) is 18.8 Å². The van der Waals surface area contributed by atoms with E-state index in [1.807, 2.05) is 44.0 Å². The molecular weight excluding hydrogens is 318 g/mol. The molecule has 2 aliphatic rings. The molecule has 1 aromatic rings. The van der Waals surface area contributed by atoms with Gasteiger partial charge in [-0.2, -0.15) is 0 Å². The second kappa shape index (κ2) is 7.09. The molecule has 2 N–H and O–H groups in total. The summed E-state index contributed by atoms with van der Waals surface area (Å²) in [7, 11) is 1.88. The predicted octanol–water partition coefficient (Wildman–Crippen LogP) is 3.24. The third-order valence-electron chi connectivity index (χ3n) is 5.44. The highest BCUT2D eigenvalue weighted by molar-refractivity contribution is 7.80. The van der Waals surface area contributed by atoms with E-state index in [4.69, 9.17) is 12.2 Å². The summed E-state index contributed by atoms with van der Waals surface area (Å²) in [6, 6.07) is 6.57. The maximum absolute atomic E-state index is 12.3. The van der Waals surface area contributed by atoms with Crippen LogP contribution >= 0.6 is 12.2 Å². The van der Waals surface area contributed by atoms with Crippen LogP contribution in [0.15, 0.2) is 18.2 Å². The van der Waals surface area contributed by atoms with Crippen molar-refractivity contribution in [3.8, 4) is 0 Å². The van der Waals surface area contributed by atoms with Gasteiger partial charge in [-0.3, -0.25) is 4.79 Å². The molecule has 4 nitrogen and oxygen atoms in total. The maximum Gasteiger partial charge on any atom is 0.243 e. The van der Waals surface area contributed by atoms with Crippen LogP contribution in [-0.4, -0.2) is 35.6 Å². The molecule has 130 valence electrons. The Bertz CT molecular complexity index is 645. The van der Waals surface area contributed by atoms with Crippen molar-refractivity contribution in [2.75, 3.05) is 18.9 Å². The lowest BCUT2D eigenvalue weighted by Crippen LogP contribution is -2.47. The minimum atomic E-state index is -0.0386. The minimum Gasteiger partial charge on any atom is -0.360 e. The highest BCUT2D eigenvalue weighted by Gasteiger charge is 2.39. The summed E-state index contributed by atoms with van der Waals surface area (Å²) in [5.74, 6) is 1.61. The largest absolute Gasteiger partial charge is 0.360 e. The van der Waals surface area contributed by atoms with Crippen molar-refractivity contribution in [3.05, 3.63) is 29.3 Å². The molecule has 2 aliphatic carbocycles. The number of likely N-dealkylation sites (N-methyl/N-ethyl adjacent to an activating group) is 1. The molecule has 0 aromatic heterocycles. The third kappa shape index (κ3) is 3.89. The number of thiocarbonyl (C=S) groups is 1.